The lowest BCUT2D eigenvalue weighted by atomic mass is 9.81. The molecule has 1 N–H and O–H groups in total. The quantitative estimate of drug-likeness (QED) is 0.913. The molecule has 0 bridgehead atoms. The molecule has 1 aromatic rings. The van der Waals surface area contributed by atoms with Crippen LogP contribution in [0.25, 0.3) is 0 Å². The fourth-order valence-electron chi connectivity index (χ4n) is 2.61. The SMILES string of the molecule is CC(c1ccc(F)cn1)N1CCCC(C)(C(=O)O)C1. The van der Waals surface area contributed by atoms with E-state index in [2.05, 4.69) is 9.88 Å². The first-order valence-corrected chi connectivity index (χ1v) is 6.51. The van der Waals surface area contributed by atoms with E-state index in [-0.39, 0.29) is 11.9 Å². The molecule has 1 aliphatic heterocycles. The summed E-state index contributed by atoms with van der Waals surface area (Å²) in [5.74, 6) is -1.11. The molecule has 1 saturated heterocycles. The molecule has 2 unspecified atom stereocenters. The van der Waals surface area contributed by atoms with Crippen LogP contribution in [-0.2, 0) is 4.79 Å². The summed E-state index contributed by atoms with van der Waals surface area (Å²) in [5.41, 5.74) is 0.0723. The average molecular weight is 266 g/mol. The van der Waals surface area contributed by atoms with E-state index in [9.17, 15) is 14.3 Å². The molecule has 1 fully saturated rings. The number of hydrogen-bond acceptors (Lipinski definition) is 3. The summed E-state index contributed by atoms with van der Waals surface area (Å²) in [6, 6.07) is 3.05. The Balaban J connectivity index is 2.13. The number of piperidine rings is 1. The minimum atomic E-state index is -0.753. The predicted molar refractivity (Wildman–Crippen MR) is 69.2 cm³/mol. The van der Waals surface area contributed by atoms with Crippen molar-refractivity contribution in [1.29, 1.82) is 0 Å². The zero-order valence-corrected chi connectivity index (χ0v) is 11.3. The van der Waals surface area contributed by atoms with Crippen LogP contribution >= 0.6 is 0 Å². The van der Waals surface area contributed by atoms with Crippen molar-refractivity contribution < 1.29 is 14.3 Å². The van der Waals surface area contributed by atoms with E-state index in [1.807, 2.05) is 6.92 Å². The van der Waals surface area contributed by atoms with Gasteiger partial charge in [0.1, 0.15) is 5.82 Å². The second kappa shape index (κ2) is 5.25. The maximum atomic E-state index is 12.9. The number of carboxylic acid groups (broad SMARTS) is 1. The van der Waals surface area contributed by atoms with Crippen LogP contribution in [0.3, 0.4) is 0 Å². The van der Waals surface area contributed by atoms with Crippen molar-refractivity contribution in [2.24, 2.45) is 5.41 Å². The van der Waals surface area contributed by atoms with Gasteiger partial charge in [0, 0.05) is 12.6 Å². The number of aromatic nitrogens is 1. The topological polar surface area (TPSA) is 53.4 Å². The van der Waals surface area contributed by atoms with Crippen molar-refractivity contribution in [3.05, 3.63) is 29.8 Å². The number of pyridine rings is 1. The van der Waals surface area contributed by atoms with Crippen LogP contribution in [0.5, 0.6) is 0 Å². The van der Waals surface area contributed by atoms with Gasteiger partial charge in [0.15, 0.2) is 0 Å². The molecular formula is C14H19FN2O2. The number of likely N-dealkylation sites (tertiary alicyclic amines) is 1. The highest BCUT2D eigenvalue weighted by Crippen LogP contribution is 2.33. The van der Waals surface area contributed by atoms with Gasteiger partial charge in [0.2, 0.25) is 0 Å². The maximum absolute atomic E-state index is 12.9. The van der Waals surface area contributed by atoms with E-state index in [4.69, 9.17) is 0 Å². The second-order valence-corrected chi connectivity index (χ2v) is 5.52. The number of carboxylic acids is 1. The Morgan fingerprint density at radius 3 is 2.89 bits per heavy atom. The lowest BCUT2D eigenvalue weighted by Crippen LogP contribution is -2.46. The minimum absolute atomic E-state index is 0.000394. The highest BCUT2D eigenvalue weighted by atomic mass is 19.1. The monoisotopic (exact) mass is 266 g/mol. The molecule has 4 nitrogen and oxygen atoms in total. The third-order valence-electron chi connectivity index (χ3n) is 3.97. The Hall–Kier alpha value is -1.49. The van der Waals surface area contributed by atoms with E-state index in [1.54, 1.807) is 13.0 Å². The van der Waals surface area contributed by atoms with E-state index in [1.165, 1.54) is 12.3 Å². The molecule has 1 aromatic heterocycles. The molecule has 19 heavy (non-hydrogen) atoms. The van der Waals surface area contributed by atoms with Gasteiger partial charge in [-0.25, -0.2) is 4.39 Å². The second-order valence-electron chi connectivity index (χ2n) is 5.52. The van der Waals surface area contributed by atoms with E-state index >= 15 is 0 Å². The van der Waals surface area contributed by atoms with Gasteiger partial charge in [-0.05, 0) is 45.4 Å². The first-order valence-electron chi connectivity index (χ1n) is 6.51. The van der Waals surface area contributed by atoms with Crippen molar-refractivity contribution >= 4 is 5.97 Å². The van der Waals surface area contributed by atoms with Crippen molar-refractivity contribution in [2.75, 3.05) is 13.1 Å². The number of rotatable bonds is 3. The smallest absolute Gasteiger partial charge is 0.310 e. The van der Waals surface area contributed by atoms with Crippen LogP contribution in [0.15, 0.2) is 18.3 Å². The first kappa shape index (κ1) is 13.9. The van der Waals surface area contributed by atoms with E-state index < -0.39 is 11.4 Å². The average Bonchev–Trinajstić information content (AvgIpc) is 2.39. The summed E-state index contributed by atoms with van der Waals surface area (Å²) in [4.78, 5) is 17.5. The number of hydrogen-bond donors (Lipinski definition) is 1. The Morgan fingerprint density at radius 1 is 1.58 bits per heavy atom. The van der Waals surface area contributed by atoms with Gasteiger partial charge in [0.25, 0.3) is 0 Å². The van der Waals surface area contributed by atoms with Gasteiger partial charge >= 0.3 is 5.97 Å². The summed E-state index contributed by atoms with van der Waals surface area (Å²) < 4.78 is 12.9. The largest absolute Gasteiger partial charge is 0.481 e. The van der Waals surface area contributed by atoms with Crippen LogP contribution < -0.4 is 0 Å². The van der Waals surface area contributed by atoms with Crippen LogP contribution in [0, 0.1) is 11.2 Å². The zero-order valence-electron chi connectivity index (χ0n) is 11.3. The standard InChI is InChI=1S/C14H19FN2O2/c1-10(12-5-4-11(15)8-16-12)17-7-3-6-14(2,9-17)13(18)19/h4-5,8,10H,3,6-7,9H2,1-2H3,(H,18,19). The van der Waals surface area contributed by atoms with Crippen molar-refractivity contribution in [1.82, 2.24) is 9.88 Å². The van der Waals surface area contributed by atoms with Crippen molar-refractivity contribution in [3.8, 4) is 0 Å². The molecule has 104 valence electrons. The third-order valence-corrected chi connectivity index (χ3v) is 3.97. The fourth-order valence-corrected chi connectivity index (χ4v) is 2.61. The highest BCUT2D eigenvalue weighted by molar-refractivity contribution is 5.74. The van der Waals surface area contributed by atoms with Crippen molar-refractivity contribution in [3.63, 3.8) is 0 Å². The third kappa shape index (κ3) is 2.92. The number of aliphatic carboxylic acids is 1. The molecule has 0 saturated carbocycles. The molecule has 0 radical (unpaired) electrons. The van der Waals surface area contributed by atoms with Gasteiger partial charge in [-0.2, -0.15) is 0 Å². The molecule has 0 aliphatic carbocycles. The number of carbonyl (C=O) groups is 1. The van der Waals surface area contributed by atoms with Crippen LogP contribution in [-0.4, -0.2) is 34.0 Å². The molecule has 2 heterocycles. The normalized spacial score (nSPS) is 26.1. The summed E-state index contributed by atoms with van der Waals surface area (Å²) in [6.45, 7) is 5.12. The molecule has 1 aliphatic rings. The maximum Gasteiger partial charge on any atom is 0.310 e. The fraction of sp³-hybridized carbons (Fsp3) is 0.571. The predicted octanol–water partition coefficient (Wildman–Crippen LogP) is 2.47. The highest BCUT2D eigenvalue weighted by Gasteiger charge is 2.39. The van der Waals surface area contributed by atoms with Crippen molar-refractivity contribution in [2.45, 2.75) is 32.7 Å². The van der Waals surface area contributed by atoms with Gasteiger partial charge in [0.05, 0.1) is 17.3 Å². The Morgan fingerprint density at radius 2 is 2.32 bits per heavy atom. The van der Waals surface area contributed by atoms with Gasteiger partial charge in [-0.15, -0.1) is 0 Å². The summed E-state index contributed by atoms with van der Waals surface area (Å²) in [7, 11) is 0. The summed E-state index contributed by atoms with van der Waals surface area (Å²) in [5, 5.41) is 9.31. The van der Waals surface area contributed by atoms with Crippen LogP contribution in [0.2, 0.25) is 0 Å². The lowest BCUT2D eigenvalue weighted by Gasteiger charge is -2.40. The summed E-state index contributed by atoms with van der Waals surface area (Å²) in [6.07, 6.45) is 2.75. The summed E-state index contributed by atoms with van der Waals surface area (Å²) >= 11 is 0. The van der Waals surface area contributed by atoms with Crippen LogP contribution in [0.1, 0.15) is 38.4 Å². The molecular weight excluding hydrogens is 247 g/mol. The molecule has 0 aromatic carbocycles. The molecule has 5 heteroatoms. The van der Waals surface area contributed by atoms with E-state index in [0.717, 1.165) is 18.7 Å². The van der Waals surface area contributed by atoms with Gasteiger partial charge < -0.3 is 5.11 Å². The van der Waals surface area contributed by atoms with E-state index in [0.29, 0.717) is 13.0 Å². The molecule has 0 amide bonds. The van der Waals surface area contributed by atoms with Crippen LogP contribution in [0.4, 0.5) is 4.39 Å². The first-order chi connectivity index (χ1) is 8.92. The molecule has 0 spiro atoms. The van der Waals surface area contributed by atoms with Gasteiger partial charge in [-0.1, -0.05) is 0 Å². The zero-order chi connectivity index (χ0) is 14.0. The Kier molecular flexibility index (Phi) is 3.85. The Bertz CT molecular complexity index is 463. The lowest BCUT2D eigenvalue weighted by molar-refractivity contribution is -0.151. The minimum Gasteiger partial charge on any atom is -0.481 e. The Labute approximate surface area is 112 Å². The number of nitrogens with zero attached hydrogens (tertiary/aromatic N) is 2. The molecule has 2 atom stereocenters. The van der Waals surface area contributed by atoms with Gasteiger partial charge in [-0.3, -0.25) is 14.7 Å². The number of halogens is 1. The molecule has 2 rings (SSSR count).